The molecule has 1 aliphatic heterocycles. The standard InChI is InChI=1S/C11H16N2O2S3/c1-8-4-2-3-7-13(8)18(14,15)10-6-5-9(17-10)11(12)16/h5-6,8H,2-4,7H2,1H3,(H2,12,16). The van der Waals surface area contributed by atoms with Crippen molar-refractivity contribution in [1.29, 1.82) is 0 Å². The molecule has 1 aromatic rings. The summed E-state index contributed by atoms with van der Waals surface area (Å²) < 4.78 is 26.9. The highest BCUT2D eigenvalue weighted by Gasteiger charge is 2.32. The van der Waals surface area contributed by atoms with Gasteiger partial charge in [0.25, 0.3) is 10.0 Å². The summed E-state index contributed by atoms with van der Waals surface area (Å²) >= 11 is 6.01. The average molecular weight is 304 g/mol. The number of thiocarbonyl (C=S) groups is 1. The molecule has 1 fully saturated rings. The minimum absolute atomic E-state index is 0.0686. The molecule has 1 aliphatic rings. The molecular formula is C11H16N2O2S3. The van der Waals surface area contributed by atoms with Gasteiger partial charge in [-0.25, -0.2) is 8.42 Å². The average Bonchev–Trinajstić information content (AvgIpc) is 2.79. The number of nitrogens with zero attached hydrogens (tertiary/aromatic N) is 1. The lowest BCUT2D eigenvalue weighted by Gasteiger charge is -2.31. The van der Waals surface area contributed by atoms with E-state index in [0.717, 1.165) is 30.6 Å². The zero-order valence-electron chi connectivity index (χ0n) is 10.1. The maximum atomic E-state index is 12.5. The molecule has 1 unspecified atom stereocenters. The lowest BCUT2D eigenvalue weighted by molar-refractivity contribution is 0.269. The molecule has 1 atom stereocenters. The van der Waals surface area contributed by atoms with E-state index in [2.05, 4.69) is 0 Å². The van der Waals surface area contributed by atoms with Crippen molar-refractivity contribution in [3.05, 3.63) is 17.0 Å². The van der Waals surface area contributed by atoms with E-state index in [1.54, 1.807) is 16.4 Å². The van der Waals surface area contributed by atoms with Crippen LogP contribution in [0.3, 0.4) is 0 Å². The molecule has 0 spiro atoms. The van der Waals surface area contributed by atoms with Crippen LogP contribution >= 0.6 is 23.6 Å². The van der Waals surface area contributed by atoms with E-state index in [4.69, 9.17) is 18.0 Å². The SMILES string of the molecule is CC1CCCCN1S(=O)(=O)c1ccc(C(N)=S)s1. The number of thiophene rings is 1. The normalized spacial score (nSPS) is 21.9. The Balaban J connectivity index is 2.31. The molecule has 18 heavy (non-hydrogen) atoms. The van der Waals surface area contributed by atoms with Crippen LogP contribution < -0.4 is 5.73 Å². The summed E-state index contributed by atoms with van der Waals surface area (Å²) in [6.07, 6.45) is 2.94. The van der Waals surface area contributed by atoms with Gasteiger partial charge in [0, 0.05) is 12.6 Å². The fourth-order valence-corrected chi connectivity index (χ4v) is 5.32. The van der Waals surface area contributed by atoms with Gasteiger partial charge in [0.2, 0.25) is 0 Å². The fraction of sp³-hybridized carbons (Fsp3) is 0.545. The fourth-order valence-electron chi connectivity index (χ4n) is 2.14. The largest absolute Gasteiger partial charge is 0.389 e. The molecule has 4 nitrogen and oxygen atoms in total. The molecule has 7 heteroatoms. The van der Waals surface area contributed by atoms with Crippen LogP contribution in [0, 0.1) is 0 Å². The molecule has 0 saturated carbocycles. The molecule has 2 heterocycles. The predicted octanol–water partition coefficient (Wildman–Crippen LogP) is 1.95. The van der Waals surface area contributed by atoms with Crippen molar-refractivity contribution in [3.63, 3.8) is 0 Å². The molecule has 1 saturated heterocycles. The Labute approximate surface area is 117 Å². The number of rotatable bonds is 3. The quantitative estimate of drug-likeness (QED) is 0.867. The van der Waals surface area contributed by atoms with Crippen molar-refractivity contribution in [3.8, 4) is 0 Å². The molecule has 100 valence electrons. The van der Waals surface area contributed by atoms with E-state index < -0.39 is 10.0 Å². The summed E-state index contributed by atoms with van der Waals surface area (Å²) in [5.74, 6) is 0. The number of hydrogen-bond donors (Lipinski definition) is 1. The Bertz CT molecular complexity index is 550. The van der Waals surface area contributed by atoms with Gasteiger partial charge >= 0.3 is 0 Å². The third-order valence-electron chi connectivity index (χ3n) is 3.13. The highest BCUT2D eigenvalue weighted by atomic mass is 32.2. The first-order valence-corrected chi connectivity index (χ1v) is 8.51. The number of nitrogens with two attached hydrogens (primary N) is 1. The topological polar surface area (TPSA) is 63.4 Å². The first kappa shape index (κ1) is 13.9. The van der Waals surface area contributed by atoms with Gasteiger partial charge in [-0.15, -0.1) is 11.3 Å². The van der Waals surface area contributed by atoms with Gasteiger partial charge in [0.1, 0.15) is 9.20 Å². The lowest BCUT2D eigenvalue weighted by atomic mass is 10.1. The third-order valence-corrected chi connectivity index (χ3v) is 7.08. The van der Waals surface area contributed by atoms with Gasteiger partial charge < -0.3 is 5.73 Å². The van der Waals surface area contributed by atoms with Gasteiger partial charge in [-0.2, -0.15) is 4.31 Å². The highest BCUT2D eigenvalue weighted by molar-refractivity contribution is 7.91. The Kier molecular flexibility index (Phi) is 4.05. The Morgan fingerprint density at radius 3 is 2.78 bits per heavy atom. The van der Waals surface area contributed by atoms with Gasteiger partial charge in [0.05, 0.1) is 4.88 Å². The summed E-state index contributed by atoms with van der Waals surface area (Å²) in [6, 6.07) is 3.34. The molecule has 2 rings (SSSR count). The Morgan fingerprint density at radius 2 is 2.22 bits per heavy atom. The molecule has 0 bridgehead atoms. The van der Waals surface area contributed by atoms with Crippen molar-refractivity contribution >= 4 is 38.6 Å². The zero-order valence-corrected chi connectivity index (χ0v) is 12.6. The number of sulfonamides is 1. The number of piperidine rings is 1. The Morgan fingerprint density at radius 1 is 1.50 bits per heavy atom. The van der Waals surface area contributed by atoms with Crippen LogP contribution in [0.4, 0.5) is 0 Å². The van der Waals surface area contributed by atoms with Crippen LogP contribution in [0.15, 0.2) is 16.3 Å². The zero-order chi connectivity index (χ0) is 13.3. The van der Waals surface area contributed by atoms with E-state index in [1.807, 2.05) is 6.92 Å². The monoisotopic (exact) mass is 304 g/mol. The maximum Gasteiger partial charge on any atom is 0.252 e. The molecule has 0 radical (unpaired) electrons. The van der Waals surface area contributed by atoms with Gasteiger partial charge in [-0.05, 0) is 31.9 Å². The van der Waals surface area contributed by atoms with Gasteiger partial charge in [-0.3, -0.25) is 0 Å². The molecule has 2 N–H and O–H groups in total. The minimum atomic E-state index is -3.39. The predicted molar refractivity (Wildman–Crippen MR) is 77.4 cm³/mol. The third kappa shape index (κ3) is 2.59. The van der Waals surface area contributed by atoms with Crippen molar-refractivity contribution in [2.75, 3.05) is 6.54 Å². The summed E-state index contributed by atoms with van der Waals surface area (Å²) in [6.45, 7) is 2.56. The summed E-state index contributed by atoms with van der Waals surface area (Å²) in [5, 5.41) is 0. The highest BCUT2D eigenvalue weighted by Crippen LogP contribution is 2.29. The number of hydrogen-bond acceptors (Lipinski definition) is 4. The van der Waals surface area contributed by atoms with E-state index in [1.165, 1.54) is 0 Å². The molecule has 1 aromatic heterocycles. The summed E-state index contributed by atoms with van der Waals surface area (Å²) in [4.78, 5) is 0.890. The van der Waals surface area contributed by atoms with Crippen LogP contribution in [-0.4, -0.2) is 30.3 Å². The minimum Gasteiger partial charge on any atom is -0.389 e. The van der Waals surface area contributed by atoms with Gasteiger partial charge in [0.15, 0.2) is 0 Å². The molecule has 0 aromatic carbocycles. The van der Waals surface area contributed by atoms with Crippen LogP contribution in [0.2, 0.25) is 0 Å². The summed E-state index contributed by atoms with van der Waals surface area (Å²) in [7, 11) is -3.39. The first-order chi connectivity index (χ1) is 8.43. The summed E-state index contributed by atoms with van der Waals surface area (Å²) in [5.41, 5.74) is 5.51. The van der Waals surface area contributed by atoms with Crippen molar-refractivity contribution in [2.24, 2.45) is 5.73 Å². The van der Waals surface area contributed by atoms with Crippen molar-refractivity contribution in [2.45, 2.75) is 36.4 Å². The molecule has 0 amide bonds. The second kappa shape index (κ2) is 5.24. The smallest absolute Gasteiger partial charge is 0.252 e. The van der Waals surface area contributed by atoms with E-state index >= 15 is 0 Å². The molecule has 0 aliphatic carbocycles. The first-order valence-electron chi connectivity index (χ1n) is 5.84. The van der Waals surface area contributed by atoms with Crippen LogP contribution in [0.5, 0.6) is 0 Å². The second-order valence-corrected chi connectivity index (χ2v) is 8.08. The Hall–Kier alpha value is -0.500. The van der Waals surface area contributed by atoms with Crippen molar-refractivity contribution in [1.82, 2.24) is 4.31 Å². The molecular weight excluding hydrogens is 288 g/mol. The van der Waals surface area contributed by atoms with Crippen molar-refractivity contribution < 1.29 is 8.42 Å². The van der Waals surface area contributed by atoms with Crippen LogP contribution in [0.25, 0.3) is 0 Å². The maximum absolute atomic E-state index is 12.5. The van der Waals surface area contributed by atoms with Gasteiger partial charge in [-0.1, -0.05) is 18.6 Å². The van der Waals surface area contributed by atoms with Crippen LogP contribution in [0.1, 0.15) is 31.1 Å². The second-order valence-electron chi connectivity index (χ2n) is 4.44. The van der Waals surface area contributed by atoms with Crippen LogP contribution in [-0.2, 0) is 10.0 Å². The van der Waals surface area contributed by atoms with E-state index in [0.29, 0.717) is 15.6 Å². The lowest BCUT2D eigenvalue weighted by Crippen LogP contribution is -2.41. The van der Waals surface area contributed by atoms with E-state index in [9.17, 15) is 8.42 Å². The van der Waals surface area contributed by atoms with E-state index in [-0.39, 0.29) is 11.0 Å².